The fourth-order valence-electron chi connectivity index (χ4n) is 2.18. The number of rotatable bonds is 2. The monoisotopic (exact) mass is 462 g/mol. The Labute approximate surface area is 155 Å². The molecule has 164 valence electrons. The van der Waals surface area contributed by atoms with Crippen LogP contribution in [0.4, 0.5) is 67.2 Å². The fraction of sp³-hybridized carbons (Fsp3) is 0.133. The molecule has 0 radical (unpaired) electrons. The van der Waals surface area contributed by atoms with Gasteiger partial charge in [0.25, 0.3) is 5.69 Å². The van der Waals surface area contributed by atoms with Crippen LogP contribution in [0.3, 0.4) is 0 Å². The summed E-state index contributed by atoms with van der Waals surface area (Å²) in [7, 11) is 0. The second kappa shape index (κ2) is 7.43. The van der Waals surface area contributed by atoms with Crippen LogP contribution in [0.1, 0.15) is 16.7 Å². The molecule has 0 atom stereocenters. The van der Waals surface area contributed by atoms with E-state index in [1.165, 1.54) is 0 Å². The highest BCUT2D eigenvalue weighted by atomic mass is 19.4. The van der Waals surface area contributed by atoms with Crippen LogP contribution < -0.4 is 4.99 Å². The van der Waals surface area contributed by atoms with Gasteiger partial charge in [-0.25, -0.2) is 31.3 Å². The van der Waals surface area contributed by atoms with Crippen LogP contribution in [0, 0.1) is 46.5 Å². The van der Waals surface area contributed by atoms with E-state index in [0.29, 0.717) is 0 Å². The number of alkyl halides is 6. The molecule has 30 heavy (non-hydrogen) atoms. The molecule has 0 saturated carbocycles. The van der Waals surface area contributed by atoms with E-state index in [2.05, 4.69) is 0 Å². The van der Waals surface area contributed by atoms with Crippen LogP contribution in [-0.2, 0) is 12.4 Å². The van der Waals surface area contributed by atoms with Crippen molar-refractivity contribution >= 4 is 11.9 Å². The summed E-state index contributed by atoms with van der Waals surface area (Å²) in [6, 6.07) is 0. The van der Waals surface area contributed by atoms with Crippen molar-refractivity contribution < 1.29 is 66.5 Å². The van der Waals surface area contributed by atoms with E-state index in [9.17, 15) is 61.5 Å². The molecule has 15 heteroatoms. The van der Waals surface area contributed by atoms with Crippen molar-refractivity contribution in [3.05, 3.63) is 63.2 Å². The molecule has 0 aliphatic heterocycles. The molecular formula is C15H2F14N+. The average Bonchev–Trinajstić information content (AvgIpc) is 2.58. The van der Waals surface area contributed by atoms with Gasteiger partial charge in [-0.05, 0) is 0 Å². The largest absolute Gasteiger partial charge is 0.422 e. The standard InChI is InChI=1S/C15HF14N/c16-5-2(6(17)8(19)3(7(5)18)14(24,25)26)1-30-13-11(22)9(20)4(15(27,28)29)10(21)12(13)23/h1H/p+1. The number of halogens is 14. The van der Waals surface area contributed by atoms with E-state index in [1.807, 2.05) is 0 Å². The topological polar surface area (TPSA) is 14.0 Å². The molecule has 2 aromatic carbocycles. The summed E-state index contributed by atoms with van der Waals surface area (Å²) >= 11 is 0. The number of hydrogen-bond donors (Lipinski definition) is 1. The summed E-state index contributed by atoms with van der Waals surface area (Å²) in [6.45, 7) is 0. The van der Waals surface area contributed by atoms with Gasteiger partial charge in [0.05, 0.1) is 0 Å². The van der Waals surface area contributed by atoms with Crippen LogP contribution in [0.2, 0.25) is 0 Å². The summed E-state index contributed by atoms with van der Waals surface area (Å²) in [5.74, 6) is -22.9. The first-order chi connectivity index (χ1) is 13.5. The Morgan fingerprint density at radius 1 is 0.467 bits per heavy atom. The lowest BCUT2D eigenvalue weighted by molar-refractivity contribution is -0.354. The minimum absolute atomic E-state index is 0.454. The highest BCUT2D eigenvalue weighted by Crippen LogP contribution is 2.38. The van der Waals surface area contributed by atoms with Gasteiger partial charge in [-0.3, -0.25) is 0 Å². The van der Waals surface area contributed by atoms with E-state index < -0.39 is 87.5 Å². The van der Waals surface area contributed by atoms with Gasteiger partial charge in [-0.15, -0.1) is 0 Å². The Kier molecular flexibility index (Phi) is 5.80. The maximum atomic E-state index is 13.7. The Hall–Kier alpha value is -2.87. The zero-order chi connectivity index (χ0) is 23.3. The second-order valence-electron chi connectivity index (χ2n) is 5.33. The molecule has 1 N–H and O–H groups in total. The van der Waals surface area contributed by atoms with Crippen LogP contribution in [0.25, 0.3) is 0 Å². The van der Waals surface area contributed by atoms with Crippen molar-refractivity contribution in [3.8, 4) is 0 Å². The van der Waals surface area contributed by atoms with Gasteiger partial charge in [-0.2, -0.15) is 35.1 Å². The van der Waals surface area contributed by atoms with E-state index in [1.54, 1.807) is 0 Å². The minimum Gasteiger partial charge on any atom is -0.206 e. The summed E-state index contributed by atoms with van der Waals surface area (Å²) in [4.78, 5) is 1.04. The lowest BCUT2D eigenvalue weighted by Gasteiger charge is -2.11. The van der Waals surface area contributed by atoms with Crippen LogP contribution in [0.15, 0.2) is 0 Å². The number of hydrogen-bond acceptors (Lipinski definition) is 0. The smallest absolute Gasteiger partial charge is 0.206 e. The molecule has 0 fully saturated rings. The molecule has 0 aliphatic carbocycles. The minimum atomic E-state index is -5.91. The summed E-state index contributed by atoms with van der Waals surface area (Å²) in [5, 5.41) is 0. The van der Waals surface area contributed by atoms with E-state index in [0.717, 1.165) is 4.99 Å². The molecule has 0 saturated heterocycles. The number of benzene rings is 2. The van der Waals surface area contributed by atoms with Crippen LogP contribution >= 0.6 is 0 Å². The third kappa shape index (κ3) is 3.79. The molecule has 0 aromatic heterocycles. The first-order valence-electron chi connectivity index (χ1n) is 6.97. The molecule has 0 aliphatic rings. The molecule has 0 spiro atoms. The molecule has 2 aromatic rings. The Balaban J connectivity index is 2.73. The normalized spacial score (nSPS) is 12.9. The summed E-state index contributed by atoms with van der Waals surface area (Å²) in [5.41, 5.74) is -10.2. The van der Waals surface area contributed by atoms with E-state index >= 15 is 0 Å². The predicted octanol–water partition coefficient (Wildman–Crippen LogP) is 4.67. The third-order valence-electron chi connectivity index (χ3n) is 3.49. The molecule has 1 nitrogen and oxygen atoms in total. The lowest BCUT2D eigenvalue weighted by atomic mass is 10.1. The van der Waals surface area contributed by atoms with Crippen LogP contribution in [0.5, 0.6) is 0 Å². The van der Waals surface area contributed by atoms with Crippen molar-refractivity contribution in [1.29, 1.82) is 0 Å². The zero-order valence-electron chi connectivity index (χ0n) is 13.4. The predicted molar refractivity (Wildman–Crippen MR) is 68.3 cm³/mol. The van der Waals surface area contributed by atoms with E-state index in [-0.39, 0.29) is 0 Å². The first-order valence-corrected chi connectivity index (χ1v) is 6.97. The van der Waals surface area contributed by atoms with Gasteiger partial charge in [0.1, 0.15) is 16.7 Å². The van der Waals surface area contributed by atoms with Gasteiger partial charge in [-0.1, -0.05) is 0 Å². The van der Waals surface area contributed by atoms with Crippen LogP contribution in [-0.4, -0.2) is 6.21 Å². The van der Waals surface area contributed by atoms with Crippen molar-refractivity contribution in [2.75, 3.05) is 0 Å². The van der Waals surface area contributed by atoms with Gasteiger partial charge < -0.3 is 0 Å². The number of nitrogens with one attached hydrogen (secondary N) is 1. The Morgan fingerprint density at radius 2 is 0.767 bits per heavy atom. The average molecular weight is 462 g/mol. The first kappa shape index (κ1) is 23.4. The molecule has 0 amide bonds. The highest BCUT2D eigenvalue weighted by Gasteiger charge is 2.44. The van der Waals surface area contributed by atoms with Crippen molar-refractivity contribution in [2.45, 2.75) is 12.4 Å². The van der Waals surface area contributed by atoms with Gasteiger partial charge in [0, 0.05) is 0 Å². The summed E-state index contributed by atoms with van der Waals surface area (Å²) in [6.07, 6.45) is -12.3. The highest BCUT2D eigenvalue weighted by molar-refractivity contribution is 5.77. The second-order valence-corrected chi connectivity index (χ2v) is 5.33. The third-order valence-corrected chi connectivity index (χ3v) is 3.49. The summed E-state index contributed by atoms with van der Waals surface area (Å²) < 4.78 is 183. The maximum absolute atomic E-state index is 13.7. The fourth-order valence-corrected chi connectivity index (χ4v) is 2.18. The van der Waals surface area contributed by atoms with Crippen molar-refractivity contribution in [1.82, 2.24) is 0 Å². The molecule has 0 unspecified atom stereocenters. The van der Waals surface area contributed by atoms with Crippen molar-refractivity contribution in [2.24, 2.45) is 0 Å². The van der Waals surface area contributed by atoms with Gasteiger partial charge in [0.15, 0.2) is 41.1 Å². The quantitative estimate of drug-likeness (QED) is 0.379. The molecule has 2 rings (SSSR count). The molecule has 0 heterocycles. The van der Waals surface area contributed by atoms with Gasteiger partial charge >= 0.3 is 12.4 Å². The maximum Gasteiger partial charge on any atom is 0.422 e. The Morgan fingerprint density at radius 3 is 1.07 bits per heavy atom. The molecule has 0 bridgehead atoms. The zero-order valence-corrected chi connectivity index (χ0v) is 13.4. The van der Waals surface area contributed by atoms with Gasteiger partial charge in [0.2, 0.25) is 11.6 Å². The van der Waals surface area contributed by atoms with E-state index in [4.69, 9.17) is 0 Å². The Bertz CT molecular complexity index is 906. The van der Waals surface area contributed by atoms with Crippen molar-refractivity contribution in [3.63, 3.8) is 0 Å². The lowest BCUT2D eigenvalue weighted by Crippen LogP contribution is -2.63. The molecular weight excluding hydrogens is 460 g/mol. The SMILES string of the molecule is Fc1c(F)c(C(F)(F)F)c(F)c(F)c1C=[NH+]c1c(F)c(F)c(C(F)(F)F)c(F)c1F.